The molecular weight excluding hydrogens is 492 g/mol. The molecule has 0 aliphatic heterocycles. The highest BCUT2D eigenvalue weighted by atomic mass is 19.4. The molecular formula is C25H23F6NO4. The van der Waals surface area contributed by atoms with Crippen molar-refractivity contribution in [1.82, 2.24) is 0 Å². The zero-order valence-corrected chi connectivity index (χ0v) is 18.9. The van der Waals surface area contributed by atoms with E-state index < -0.39 is 35.0 Å². The normalized spacial score (nSPS) is 10.8. The lowest BCUT2D eigenvalue weighted by atomic mass is 10.1. The summed E-state index contributed by atoms with van der Waals surface area (Å²) in [6, 6.07) is 17.0. The molecule has 0 spiro atoms. The van der Waals surface area contributed by atoms with E-state index in [4.69, 9.17) is 15.6 Å². The number of hydrogen-bond donors (Lipinski definition) is 2. The van der Waals surface area contributed by atoms with Gasteiger partial charge < -0.3 is 15.6 Å². The van der Waals surface area contributed by atoms with Crippen molar-refractivity contribution in [2.75, 3.05) is 13.7 Å². The van der Waals surface area contributed by atoms with Crippen LogP contribution in [-0.4, -0.2) is 31.0 Å². The summed E-state index contributed by atoms with van der Waals surface area (Å²) in [7, 11) is 1.67. The number of carboxylic acids is 1. The molecule has 0 bridgehead atoms. The van der Waals surface area contributed by atoms with Crippen LogP contribution in [0.2, 0.25) is 0 Å². The Kier molecular flexibility index (Phi) is 11.6. The van der Waals surface area contributed by atoms with E-state index in [-0.39, 0.29) is 12.4 Å². The average molecular weight is 515 g/mol. The molecule has 0 aliphatic rings. The maximum absolute atomic E-state index is 12.2. The summed E-state index contributed by atoms with van der Waals surface area (Å²) in [5.74, 6) is 0.0200. The van der Waals surface area contributed by atoms with Gasteiger partial charge in [-0.3, -0.25) is 4.79 Å². The molecule has 3 N–H and O–H groups in total. The highest BCUT2D eigenvalue weighted by Gasteiger charge is 2.36. The molecule has 11 heteroatoms. The van der Waals surface area contributed by atoms with E-state index in [0.717, 1.165) is 12.2 Å². The summed E-state index contributed by atoms with van der Waals surface area (Å²) in [5.41, 5.74) is 3.31. The molecule has 0 aliphatic carbocycles. The summed E-state index contributed by atoms with van der Waals surface area (Å²) in [5, 5.41) is 8.38. The number of hydrogen-bond acceptors (Lipinski definition) is 4. The van der Waals surface area contributed by atoms with Gasteiger partial charge in [-0.05, 0) is 61.0 Å². The molecule has 36 heavy (non-hydrogen) atoms. The molecule has 0 amide bonds. The lowest BCUT2D eigenvalue weighted by Gasteiger charge is -2.12. The fourth-order valence-electron chi connectivity index (χ4n) is 2.62. The van der Waals surface area contributed by atoms with Crippen LogP contribution in [0.4, 0.5) is 26.3 Å². The number of nitrogens with two attached hydrogens (primary N) is 1. The summed E-state index contributed by atoms with van der Waals surface area (Å²) in [6.07, 6.45) is -8.99. The predicted molar refractivity (Wildman–Crippen MR) is 121 cm³/mol. The number of carbonyl (C=O) groups is 2. The molecule has 3 aromatic carbocycles. The van der Waals surface area contributed by atoms with E-state index in [1.54, 1.807) is 37.4 Å². The number of rotatable bonds is 5. The molecule has 0 heterocycles. The van der Waals surface area contributed by atoms with Crippen LogP contribution in [0.5, 0.6) is 5.75 Å². The number of aromatic carboxylic acids is 1. The van der Waals surface area contributed by atoms with Gasteiger partial charge >= 0.3 is 18.3 Å². The first-order chi connectivity index (χ1) is 16.8. The van der Waals surface area contributed by atoms with Gasteiger partial charge in [0.2, 0.25) is 0 Å². The minimum absolute atomic E-state index is 0.0347. The third-order valence-corrected chi connectivity index (χ3v) is 4.33. The first-order valence-electron chi connectivity index (χ1n) is 10.2. The topological polar surface area (TPSA) is 89.6 Å². The summed E-state index contributed by atoms with van der Waals surface area (Å²) >= 11 is 0. The summed E-state index contributed by atoms with van der Waals surface area (Å²) < 4.78 is 78.2. The second-order valence-electron chi connectivity index (χ2n) is 7.02. The number of halogens is 6. The number of methoxy groups -OCH3 is 1. The highest BCUT2D eigenvalue weighted by Crippen LogP contribution is 2.35. The Balaban J connectivity index is 0.000000283. The van der Waals surface area contributed by atoms with Crippen molar-refractivity contribution in [3.8, 4) is 5.75 Å². The van der Waals surface area contributed by atoms with Crippen molar-refractivity contribution >= 4 is 12.3 Å². The van der Waals surface area contributed by atoms with Crippen LogP contribution in [-0.2, 0) is 18.8 Å². The van der Waals surface area contributed by atoms with Crippen molar-refractivity contribution in [2.24, 2.45) is 5.73 Å². The Morgan fingerprint density at radius 1 is 0.889 bits per heavy atom. The lowest BCUT2D eigenvalue weighted by molar-refractivity contribution is -0.143. The first kappa shape index (κ1) is 30.2. The maximum Gasteiger partial charge on any atom is 0.416 e. The third-order valence-electron chi connectivity index (χ3n) is 4.33. The van der Waals surface area contributed by atoms with Gasteiger partial charge in [0.15, 0.2) is 0 Å². The fourth-order valence-corrected chi connectivity index (χ4v) is 2.62. The Bertz CT molecular complexity index is 1080. The van der Waals surface area contributed by atoms with Gasteiger partial charge in [-0.25, -0.2) is 4.79 Å². The van der Waals surface area contributed by atoms with Crippen molar-refractivity contribution < 1.29 is 45.8 Å². The molecule has 0 fully saturated rings. The average Bonchev–Trinajstić information content (AvgIpc) is 2.84. The quantitative estimate of drug-likeness (QED) is 0.316. The molecule has 0 saturated heterocycles. The Hall–Kier alpha value is -3.86. The monoisotopic (exact) mass is 515 g/mol. The van der Waals surface area contributed by atoms with Crippen LogP contribution in [0.1, 0.15) is 37.4 Å². The second-order valence-corrected chi connectivity index (χ2v) is 7.02. The van der Waals surface area contributed by atoms with Gasteiger partial charge in [0.25, 0.3) is 0 Å². The van der Waals surface area contributed by atoms with Crippen molar-refractivity contribution in [2.45, 2.75) is 18.8 Å². The van der Waals surface area contributed by atoms with Crippen LogP contribution in [0.15, 0.2) is 72.8 Å². The van der Waals surface area contributed by atoms with Gasteiger partial charge in [-0.2, -0.15) is 26.3 Å². The van der Waals surface area contributed by atoms with E-state index >= 15 is 0 Å². The highest BCUT2D eigenvalue weighted by molar-refractivity contribution is 5.87. The zero-order valence-electron chi connectivity index (χ0n) is 18.9. The fraction of sp³-hybridized carbons (Fsp3) is 0.200. The number of carboxylic acid groups (broad SMARTS) is 1. The van der Waals surface area contributed by atoms with Crippen molar-refractivity contribution in [3.05, 3.63) is 101 Å². The van der Waals surface area contributed by atoms with E-state index in [2.05, 4.69) is 6.07 Å². The van der Waals surface area contributed by atoms with Crippen LogP contribution in [0.3, 0.4) is 0 Å². The number of aldehydes is 1. The van der Waals surface area contributed by atoms with Crippen molar-refractivity contribution in [3.63, 3.8) is 0 Å². The van der Waals surface area contributed by atoms with Crippen LogP contribution < -0.4 is 10.5 Å². The minimum atomic E-state index is -4.92. The number of ether oxygens (including phenoxy) is 1. The predicted octanol–water partition coefficient (Wildman–Crippen LogP) is 6.12. The standard InChI is InChI=1S/C9H4F6O.C9H13NO.C7H6O2/c10-8(11,12)6-1-5(4-16)2-7(3-6)9(13,14)15;1-11-9-4-2-3-8(7-9)5-6-10;8-7(9)6-4-2-1-3-5-6/h1-4H;2-4,7H,5-6,10H2,1H3;1-5H,(H,8,9). The molecule has 0 atom stereocenters. The zero-order chi connectivity index (χ0) is 27.4. The van der Waals surface area contributed by atoms with Gasteiger partial charge in [0.05, 0.1) is 23.8 Å². The number of alkyl halides is 6. The second kappa shape index (κ2) is 13.9. The summed E-state index contributed by atoms with van der Waals surface area (Å²) in [4.78, 5) is 20.4. The number of carbonyl (C=O) groups excluding carboxylic acids is 1. The molecule has 3 aromatic rings. The molecule has 5 nitrogen and oxygen atoms in total. The number of benzene rings is 3. The van der Waals surface area contributed by atoms with Gasteiger partial charge in [-0.1, -0.05) is 30.3 Å². The minimum Gasteiger partial charge on any atom is -0.497 e. The van der Waals surface area contributed by atoms with Crippen LogP contribution in [0, 0.1) is 0 Å². The summed E-state index contributed by atoms with van der Waals surface area (Å²) in [6.45, 7) is 0.688. The van der Waals surface area contributed by atoms with Crippen molar-refractivity contribution in [1.29, 1.82) is 0 Å². The largest absolute Gasteiger partial charge is 0.497 e. The molecule has 0 unspecified atom stereocenters. The van der Waals surface area contributed by atoms with Gasteiger partial charge in [-0.15, -0.1) is 0 Å². The molecule has 0 radical (unpaired) electrons. The van der Waals surface area contributed by atoms with E-state index in [9.17, 15) is 35.9 Å². The van der Waals surface area contributed by atoms with Gasteiger partial charge in [0.1, 0.15) is 12.0 Å². The lowest BCUT2D eigenvalue weighted by Crippen LogP contribution is -2.11. The molecule has 194 valence electrons. The molecule has 3 rings (SSSR count). The van der Waals surface area contributed by atoms with E-state index in [0.29, 0.717) is 24.2 Å². The third kappa shape index (κ3) is 10.6. The maximum atomic E-state index is 12.2. The Morgan fingerprint density at radius 2 is 1.44 bits per heavy atom. The Morgan fingerprint density at radius 3 is 1.83 bits per heavy atom. The van der Waals surface area contributed by atoms with Crippen LogP contribution in [0.25, 0.3) is 0 Å². The van der Waals surface area contributed by atoms with Gasteiger partial charge in [0, 0.05) is 5.56 Å². The molecule has 0 saturated carbocycles. The smallest absolute Gasteiger partial charge is 0.416 e. The molecule has 0 aromatic heterocycles. The Labute approximate surface area is 203 Å². The SMILES string of the molecule is COc1cccc(CCN)c1.O=C(O)c1ccccc1.O=Cc1cc(C(F)(F)F)cc(C(F)(F)F)c1. The first-order valence-corrected chi connectivity index (χ1v) is 10.2. The van der Waals surface area contributed by atoms with E-state index in [1.807, 2.05) is 18.2 Å². The van der Waals surface area contributed by atoms with E-state index in [1.165, 1.54) is 5.56 Å². The van der Waals surface area contributed by atoms with Crippen LogP contribution >= 0.6 is 0 Å².